The summed E-state index contributed by atoms with van der Waals surface area (Å²) in [5.41, 5.74) is -3.06. The summed E-state index contributed by atoms with van der Waals surface area (Å²) >= 11 is 0. The molecule has 0 aliphatic rings. The van der Waals surface area contributed by atoms with Crippen molar-refractivity contribution in [3.63, 3.8) is 0 Å². The zero-order valence-electron chi connectivity index (χ0n) is 14.6. The smallest absolute Gasteiger partial charge is 0.268 e. The summed E-state index contributed by atoms with van der Waals surface area (Å²) in [4.78, 5) is 47.5. The normalized spacial score (nSPS) is 10.9. The summed E-state index contributed by atoms with van der Waals surface area (Å²) in [6, 6.07) is 15.9. The van der Waals surface area contributed by atoms with Crippen molar-refractivity contribution in [1.29, 1.82) is 0 Å². The third-order valence-corrected chi connectivity index (χ3v) is 4.62. The molecule has 0 amide bonds. The van der Waals surface area contributed by atoms with E-state index in [4.69, 9.17) is 0 Å². The highest BCUT2D eigenvalue weighted by molar-refractivity contribution is 6.05. The second kappa shape index (κ2) is 6.64. The zero-order valence-corrected chi connectivity index (χ0v) is 14.6. The van der Waals surface area contributed by atoms with Crippen LogP contribution >= 0.6 is 0 Å². The Morgan fingerprint density at radius 2 is 1.14 bits per heavy atom. The minimum absolute atomic E-state index is 0.193. The van der Waals surface area contributed by atoms with Crippen LogP contribution in [0.1, 0.15) is 0 Å². The number of hydrogen-bond acceptors (Lipinski definition) is 6. The van der Waals surface area contributed by atoms with Crippen LogP contribution < -0.4 is 11.1 Å². The molecule has 0 saturated carbocycles. The molecule has 0 bridgehead atoms. The van der Waals surface area contributed by atoms with Crippen molar-refractivity contribution in [2.75, 3.05) is 0 Å². The highest BCUT2D eigenvalue weighted by Crippen LogP contribution is 2.27. The topological polar surface area (TPSA) is 125 Å². The van der Waals surface area contributed by atoms with Gasteiger partial charge in [0, 0.05) is 16.8 Å². The molecular formula is C20H11N3O6. The molecule has 9 nitrogen and oxygen atoms in total. The third-order valence-electron chi connectivity index (χ3n) is 4.62. The van der Waals surface area contributed by atoms with Crippen molar-refractivity contribution in [1.82, 2.24) is 4.57 Å². The fourth-order valence-corrected chi connectivity index (χ4v) is 3.32. The van der Waals surface area contributed by atoms with Gasteiger partial charge < -0.3 is 0 Å². The van der Waals surface area contributed by atoms with E-state index in [9.17, 15) is 29.8 Å². The van der Waals surface area contributed by atoms with Gasteiger partial charge >= 0.3 is 0 Å². The van der Waals surface area contributed by atoms with E-state index >= 15 is 0 Å². The number of non-ortho nitro benzene ring substituents is 1. The molecule has 29 heavy (non-hydrogen) atoms. The molecule has 9 heteroatoms. The Morgan fingerprint density at radius 3 is 1.59 bits per heavy atom. The maximum atomic E-state index is 13.3. The van der Waals surface area contributed by atoms with Gasteiger partial charge in [-0.05, 0) is 29.0 Å². The van der Waals surface area contributed by atoms with Crippen LogP contribution in [0.2, 0.25) is 0 Å². The van der Waals surface area contributed by atoms with E-state index in [2.05, 4.69) is 0 Å². The van der Waals surface area contributed by atoms with Gasteiger partial charge in [-0.1, -0.05) is 36.4 Å². The standard InChI is InChI=1S/C20H11N3O6/c24-19-15-7-3-1-5-13(15)14-6-2-4-8-16(14)20(25)21(19)17-10-9-12(22(26)27)11-18(17)23(28)29/h1-11H. The molecular weight excluding hydrogens is 378 g/mol. The highest BCUT2D eigenvalue weighted by Gasteiger charge is 2.23. The van der Waals surface area contributed by atoms with Gasteiger partial charge in [-0.3, -0.25) is 29.8 Å². The van der Waals surface area contributed by atoms with Gasteiger partial charge in [-0.15, -0.1) is 0 Å². The molecule has 1 aromatic heterocycles. The van der Waals surface area contributed by atoms with E-state index in [-0.39, 0.29) is 16.5 Å². The lowest BCUT2D eigenvalue weighted by atomic mass is 10.1. The summed E-state index contributed by atoms with van der Waals surface area (Å²) in [5, 5.41) is 24.0. The first-order valence-corrected chi connectivity index (χ1v) is 8.40. The molecule has 1 heterocycles. The predicted octanol–water partition coefficient (Wildman–Crippen LogP) is 3.32. The molecule has 4 rings (SSSR count). The van der Waals surface area contributed by atoms with Crippen molar-refractivity contribution in [2.45, 2.75) is 0 Å². The molecule has 0 radical (unpaired) electrons. The number of benzene rings is 3. The van der Waals surface area contributed by atoms with Gasteiger partial charge in [0.15, 0.2) is 0 Å². The van der Waals surface area contributed by atoms with E-state index < -0.39 is 32.3 Å². The fourth-order valence-electron chi connectivity index (χ4n) is 3.32. The summed E-state index contributed by atoms with van der Waals surface area (Å²) in [5.74, 6) is 0. The van der Waals surface area contributed by atoms with Gasteiger partial charge in [-0.2, -0.15) is 0 Å². The Bertz CT molecular complexity index is 1390. The summed E-state index contributed by atoms with van der Waals surface area (Å²) in [7, 11) is 0. The van der Waals surface area contributed by atoms with Crippen LogP contribution in [-0.4, -0.2) is 14.4 Å². The van der Waals surface area contributed by atoms with E-state index in [0.717, 1.165) is 18.2 Å². The number of rotatable bonds is 3. The molecule has 0 saturated heterocycles. The largest absolute Gasteiger partial charge is 0.300 e. The average Bonchev–Trinajstić information content (AvgIpc) is 2.81. The monoisotopic (exact) mass is 389 g/mol. The van der Waals surface area contributed by atoms with Crippen LogP contribution in [0, 0.1) is 20.2 Å². The molecule has 0 spiro atoms. The molecule has 3 aromatic carbocycles. The summed E-state index contributed by atoms with van der Waals surface area (Å²) in [6.45, 7) is 0. The lowest BCUT2D eigenvalue weighted by molar-refractivity contribution is -0.394. The summed E-state index contributed by atoms with van der Waals surface area (Å²) < 4.78 is 0.701. The van der Waals surface area contributed by atoms with Crippen molar-refractivity contribution in [3.05, 3.63) is 108 Å². The van der Waals surface area contributed by atoms with Crippen molar-refractivity contribution in [2.24, 2.45) is 0 Å². The molecule has 142 valence electrons. The van der Waals surface area contributed by atoms with E-state index in [1.807, 2.05) is 0 Å². The second-order valence-corrected chi connectivity index (χ2v) is 6.22. The minimum atomic E-state index is -0.856. The van der Waals surface area contributed by atoms with E-state index in [1.54, 1.807) is 36.4 Å². The Hall–Kier alpha value is -4.40. The summed E-state index contributed by atoms with van der Waals surface area (Å²) in [6.07, 6.45) is 0. The van der Waals surface area contributed by atoms with Gasteiger partial charge in [-0.25, -0.2) is 4.57 Å². The first-order valence-electron chi connectivity index (χ1n) is 8.40. The number of nitrogens with zero attached hydrogens (tertiary/aromatic N) is 3. The van der Waals surface area contributed by atoms with Crippen molar-refractivity contribution >= 4 is 32.9 Å². The molecule has 0 fully saturated rings. The lowest BCUT2D eigenvalue weighted by Crippen LogP contribution is -2.29. The van der Waals surface area contributed by atoms with Gasteiger partial charge in [0.2, 0.25) is 0 Å². The van der Waals surface area contributed by atoms with Crippen molar-refractivity contribution < 1.29 is 9.85 Å². The molecule has 0 aliphatic heterocycles. The Morgan fingerprint density at radius 1 is 0.655 bits per heavy atom. The first kappa shape index (κ1) is 18.0. The predicted molar refractivity (Wildman–Crippen MR) is 107 cm³/mol. The second-order valence-electron chi connectivity index (χ2n) is 6.22. The number of nitro groups is 2. The quantitative estimate of drug-likeness (QED) is 0.391. The number of fused-ring (bicyclic) bond motifs is 3. The molecule has 0 aliphatic carbocycles. The first-order chi connectivity index (χ1) is 13.9. The third kappa shape index (κ3) is 2.81. The highest BCUT2D eigenvalue weighted by atomic mass is 16.6. The molecule has 4 aromatic rings. The molecule has 0 atom stereocenters. The molecule has 0 N–H and O–H groups in total. The number of aromatic nitrogens is 1. The van der Waals surface area contributed by atoms with E-state index in [0.29, 0.717) is 15.3 Å². The van der Waals surface area contributed by atoms with E-state index in [1.165, 1.54) is 12.1 Å². The SMILES string of the molecule is O=c1c2ccccc2c2ccccc2c(=O)n1-c1ccc([N+](=O)[O-])cc1[N+](=O)[O-]. The van der Waals surface area contributed by atoms with Crippen LogP contribution in [0.3, 0.4) is 0 Å². The Balaban J connectivity index is 2.27. The van der Waals surface area contributed by atoms with Crippen LogP contribution in [-0.2, 0) is 0 Å². The Labute approximate surface area is 161 Å². The molecule has 0 unspecified atom stereocenters. The maximum absolute atomic E-state index is 13.3. The lowest BCUT2D eigenvalue weighted by Gasteiger charge is -2.04. The number of hydrogen-bond donors (Lipinski definition) is 0. The number of nitro benzene ring substituents is 2. The van der Waals surface area contributed by atoms with Crippen LogP contribution in [0.4, 0.5) is 11.4 Å². The van der Waals surface area contributed by atoms with Gasteiger partial charge in [0.1, 0.15) is 5.69 Å². The van der Waals surface area contributed by atoms with Crippen molar-refractivity contribution in [3.8, 4) is 5.69 Å². The average molecular weight is 389 g/mol. The van der Waals surface area contributed by atoms with Gasteiger partial charge in [0.25, 0.3) is 22.5 Å². The maximum Gasteiger partial charge on any atom is 0.300 e. The minimum Gasteiger partial charge on any atom is -0.268 e. The van der Waals surface area contributed by atoms with Crippen LogP contribution in [0.15, 0.2) is 76.3 Å². The van der Waals surface area contributed by atoms with Crippen LogP contribution in [0.25, 0.3) is 27.2 Å². The fraction of sp³-hybridized carbons (Fsp3) is 0. The van der Waals surface area contributed by atoms with Crippen LogP contribution in [0.5, 0.6) is 0 Å². The Kier molecular flexibility index (Phi) is 4.12. The van der Waals surface area contributed by atoms with Gasteiger partial charge in [0.05, 0.1) is 15.9 Å². The zero-order chi connectivity index (χ0) is 20.7.